The zero-order chi connectivity index (χ0) is 14.6. The lowest BCUT2D eigenvalue weighted by Crippen LogP contribution is -2.38. The van der Waals surface area contributed by atoms with Gasteiger partial charge in [-0.15, -0.1) is 0 Å². The summed E-state index contributed by atoms with van der Waals surface area (Å²) in [4.78, 5) is 6.45. The zero-order valence-corrected chi connectivity index (χ0v) is 12.6. The van der Waals surface area contributed by atoms with Crippen LogP contribution in [0.4, 0.5) is 5.82 Å². The van der Waals surface area contributed by atoms with Gasteiger partial charge in [0.05, 0.1) is 0 Å². The molecule has 1 aliphatic rings. The van der Waals surface area contributed by atoms with Crippen molar-refractivity contribution in [2.45, 2.75) is 24.7 Å². The lowest BCUT2D eigenvalue weighted by Gasteiger charge is -2.30. The third-order valence-corrected chi connectivity index (χ3v) is 4.53. The van der Waals surface area contributed by atoms with Gasteiger partial charge in [0.1, 0.15) is 10.7 Å². The van der Waals surface area contributed by atoms with E-state index in [-0.39, 0.29) is 4.90 Å². The number of sulfonamides is 1. The topological polar surface area (TPSA) is 88.3 Å². The molecule has 0 spiro atoms. The molecule has 1 unspecified atom stereocenters. The third-order valence-electron chi connectivity index (χ3n) is 3.63. The molecule has 0 bridgehead atoms. The molecule has 0 amide bonds. The van der Waals surface area contributed by atoms with Gasteiger partial charge in [0.2, 0.25) is 10.0 Å². The predicted molar refractivity (Wildman–Crippen MR) is 79.1 cm³/mol. The minimum Gasteiger partial charge on any atom is -0.357 e. The Morgan fingerprint density at radius 1 is 1.50 bits per heavy atom. The van der Waals surface area contributed by atoms with E-state index < -0.39 is 10.0 Å². The van der Waals surface area contributed by atoms with E-state index >= 15 is 0 Å². The first-order chi connectivity index (χ1) is 9.50. The Morgan fingerprint density at radius 2 is 2.30 bits per heavy atom. The first-order valence-corrected chi connectivity index (χ1v) is 8.50. The fraction of sp³-hybridized carbons (Fsp3) is 0.615. The molecule has 1 saturated heterocycles. The standard InChI is InChI=1S/C13H22N4O2S/c1-2-17(10-11-4-3-7-15-8-11)13-6-5-12(9-16-13)20(14,18)19/h5-6,9,11,15H,2-4,7-8,10H2,1H3,(H2,14,18,19). The van der Waals surface area contributed by atoms with Crippen LogP contribution < -0.4 is 15.4 Å². The van der Waals surface area contributed by atoms with Crippen molar-refractivity contribution in [3.63, 3.8) is 0 Å². The summed E-state index contributed by atoms with van der Waals surface area (Å²) in [7, 11) is -3.67. The number of anilines is 1. The summed E-state index contributed by atoms with van der Waals surface area (Å²) in [5.41, 5.74) is 0. The van der Waals surface area contributed by atoms with E-state index in [1.165, 1.54) is 25.1 Å². The zero-order valence-electron chi connectivity index (χ0n) is 11.7. The van der Waals surface area contributed by atoms with Crippen LogP contribution in [-0.2, 0) is 10.0 Å². The van der Waals surface area contributed by atoms with E-state index in [1.54, 1.807) is 6.07 Å². The highest BCUT2D eigenvalue weighted by Crippen LogP contribution is 2.18. The molecule has 1 fully saturated rings. The first-order valence-electron chi connectivity index (χ1n) is 6.95. The molecule has 0 radical (unpaired) electrons. The maximum Gasteiger partial charge on any atom is 0.239 e. The lowest BCUT2D eigenvalue weighted by atomic mass is 9.99. The summed E-state index contributed by atoms with van der Waals surface area (Å²) in [5.74, 6) is 1.41. The minimum absolute atomic E-state index is 0.0524. The Labute approximate surface area is 120 Å². The molecule has 0 aliphatic carbocycles. The van der Waals surface area contributed by atoms with Crippen molar-refractivity contribution in [1.29, 1.82) is 0 Å². The number of pyridine rings is 1. The van der Waals surface area contributed by atoms with Crippen LogP contribution in [0, 0.1) is 5.92 Å². The summed E-state index contributed by atoms with van der Waals surface area (Å²) in [5, 5.41) is 8.48. The molecular formula is C13H22N4O2S. The molecule has 1 aromatic rings. The molecule has 2 rings (SSSR count). The summed E-state index contributed by atoms with van der Waals surface area (Å²) in [6, 6.07) is 3.24. The summed E-state index contributed by atoms with van der Waals surface area (Å²) in [6.45, 7) is 5.99. The van der Waals surface area contributed by atoms with Crippen molar-refractivity contribution in [3.05, 3.63) is 18.3 Å². The Kier molecular flexibility index (Phi) is 4.95. The Hall–Kier alpha value is -1.18. The maximum absolute atomic E-state index is 11.2. The molecule has 1 atom stereocenters. The van der Waals surface area contributed by atoms with Crippen molar-refractivity contribution in [1.82, 2.24) is 10.3 Å². The molecule has 3 N–H and O–H groups in total. The van der Waals surface area contributed by atoms with E-state index in [0.717, 1.165) is 32.0 Å². The van der Waals surface area contributed by atoms with Gasteiger partial charge in [-0.05, 0) is 50.9 Å². The number of hydrogen-bond donors (Lipinski definition) is 2. The Balaban J connectivity index is 2.07. The van der Waals surface area contributed by atoms with Crippen molar-refractivity contribution in [3.8, 4) is 0 Å². The van der Waals surface area contributed by atoms with Crippen LogP contribution in [0.1, 0.15) is 19.8 Å². The quantitative estimate of drug-likeness (QED) is 0.829. The second-order valence-electron chi connectivity index (χ2n) is 5.15. The molecule has 6 nitrogen and oxygen atoms in total. The van der Waals surface area contributed by atoms with Crippen LogP contribution in [0.3, 0.4) is 0 Å². The monoisotopic (exact) mass is 298 g/mol. The van der Waals surface area contributed by atoms with Gasteiger partial charge in [-0.25, -0.2) is 18.5 Å². The average Bonchev–Trinajstić information content (AvgIpc) is 2.45. The molecule has 2 heterocycles. The fourth-order valence-corrected chi connectivity index (χ4v) is 2.96. The normalized spacial score (nSPS) is 19.8. The molecule has 0 aromatic carbocycles. The molecule has 112 valence electrons. The Morgan fingerprint density at radius 3 is 2.80 bits per heavy atom. The van der Waals surface area contributed by atoms with Gasteiger partial charge in [0, 0.05) is 19.3 Å². The fourth-order valence-electron chi connectivity index (χ4n) is 2.50. The number of hydrogen-bond acceptors (Lipinski definition) is 5. The number of nitrogens with zero attached hydrogens (tertiary/aromatic N) is 2. The van der Waals surface area contributed by atoms with Crippen molar-refractivity contribution in [2.24, 2.45) is 11.1 Å². The van der Waals surface area contributed by atoms with Crippen LogP contribution in [0.25, 0.3) is 0 Å². The van der Waals surface area contributed by atoms with Gasteiger partial charge in [-0.3, -0.25) is 0 Å². The Bertz CT molecular complexity index is 524. The average molecular weight is 298 g/mol. The first kappa shape index (κ1) is 15.2. The maximum atomic E-state index is 11.2. The number of primary sulfonamides is 1. The molecule has 0 saturated carbocycles. The molecule has 1 aromatic heterocycles. The predicted octanol–water partition coefficient (Wildman–Crippen LogP) is 0.555. The highest BCUT2D eigenvalue weighted by Gasteiger charge is 2.17. The number of aromatic nitrogens is 1. The van der Waals surface area contributed by atoms with Crippen LogP contribution in [0.2, 0.25) is 0 Å². The van der Waals surface area contributed by atoms with E-state index in [2.05, 4.69) is 22.1 Å². The third kappa shape index (κ3) is 3.91. The largest absolute Gasteiger partial charge is 0.357 e. The second-order valence-corrected chi connectivity index (χ2v) is 6.71. The SMILES string of the molecule is CCN(CC1CCCNC1)c1ccc(S(N)(=O)=O)cn1. The summed E-state index contributed by atoms with van der Waals surface area (Å²) in [6.07, 6.45) is 3.76. The summed E-state index contributed by atoms with van der Waals surface area (Å²) >= 11 is 0. The molecule has 1 aliphatic heterocycles. The molecular weight excluding hydrogens is 276 g/mol. The van der Waals surface area contributed by atoms with Crippen LogP contribution >= 0.6 is 0 Å². The van der Waals surface area contributed by atoms with Crippen molar-refractivity contribution in [2.75, 3.05) is 31.1 Å². The minimum atomic E-state index is -3.67. The van der Waals surface area contributed by atoms with E-state index in [0.29, 0.717) is 5.92 Å². The summed E-state index contributed by atoms with van der Waals surface area (Å²) < 4.78 is 22.4. The van der Waals surface area contributed by atoms with Gasteiger partial charge in [0.25, 0.3) is 0 Å². The number of nitrogens with one attached hydrogen (secondary N) is 1. The van der Waals surface area contributed by atoms with Crippen LogP contribution in [-0.4, -0.2) is 39.6 Å². The van der Waals surface area contributed by atoms with Gasteiger partial charge in [0.15, 0.2) is 0 Å². The highest BCUT2D eigenvalue weighted by molar-refractivity contribution is 7.89. The van der Waals surface area contributed by atoms with Gasteiger partial charge in [-0.1, -0.05) is 0 Å². The van der Waals surface area contributed by atoms with Gasteiger partial charge in [-0.2, -0.15) is 0 Å². The number of rotatable bonds is 5. The van der Waals surface area contributed by atoms with E-state index in [9.17, 15) is 8.42 Å². The van der Waals surface area contributed by atoms with E-state index in [4.69, 9.17) is 5.14 Å². The van der Waals surface area contributed by atoms with Crippen molar-refractivity contribution >= 4 is 15.8 Å². The highest BCUT2D eigenvalue weighted by atomic mass is 32.2. The molecule has 7 heteroatoms. The number of nitrogens with two attached hydrogens (primary N) is 1. The smallest absolute Gasteiger partial charge is 0.239 e. The van der Waals surface area contributed by atoms with Crippen molar-refractivity contribution < 1.29 is 8.42 Å². The lowest BCUT2D eigenvalue weighted by molar-refractivity contribution is 0.377. The molecule has 20 heavy (non-hydrogen) atoms. The van der Waals surface area contributed by atoms with Gasteiger partial charge < -0.3 is 10.2 Å². The van der Waals surface area contributed by atoms with Gasteiger partial charge >= 0.3 is 0 Å². The number of piperidine rings is 1. The van der Waals surface area contributed by atoms with Crippen LogP contribution in [0.5, 0.6) is 0 Å². The second kappa shape index (κ2) is 6.51. The van der Waals surface area contributed by atoms with E-state index in [1.807, 2.05) is 0 Å². The van der Waals surface area contributed by atoms with Crippen LogP contribution in [0.15, 0.2) is 23.2 Å².